The summed E-state index contributed by atoms with van der Waals surface area (Å²) in [5.74, 6) is 0.0368. The van der Waals surface area contributed by atoms with Gasteiger partial charge >= 0.3 is 6.03 Å². The third-order valence-corrected chi connectivity index (χ3v) is 3.56. The number of amides is 3. The monoisotopic (exact) mass is 266 g/mol. The van der Waals surface area contributed by atoms with Crippen LogP contribution in [0, 0.1) is 0 Å². The molecule has 0 bridgehead atoms. The molecule has 1 aliphatic heterocycles. The quantitative estimate of drug-likeness (QED) is 0.509. The van der Waals surface area contributed by atoms with E-state index >= 15 is 0 Å². The minimum Gasteiger partial charge on any atom is -0.323 e. The molecule has 0 aliphatic carbocycles. The Hall–Kier alpha value is -1.63. The van der Waals surface area contributed by atoms with Crippen molar-refractivity contribution in [3.63, 3.8) is 0 Å². The SMILES string of the molecule is CC[C@@]1(C)NC(=O)N(c2ccnc(SC)n2)C1=O. The summed E-state index contributed by atoms with van der Waals surface area (Å²) >= 11 is 1.36. The maximum atomic E-state index is 12.2. The van der Waals surface area contributed by atoms with Gasteiger partial charge in [-0.25, -0.2) is 19.7 Å². The molecule has 1 fully saturated rings. The summed E-state index contributed by atoms with van der Waals surface area (Å²) in [6.07, 6.45) is 3.91. The molecule has 2 heterocycles. The summed E-state index contributed by atoms with van der Waals surface area (Å²) in [6.45, 7) is 3.57. The predicted octanol–water partition coefficient (Wildman–Crippen LogP) is 1.42. The first-order chi connectivity index (χ1) is 8.51. The molecule has 0 saturated carbocycles. The lowest BCUT2D eigenvalue weighted by atomic mass is 9.99. The number of thioether (sulfide) groups is 1. The van der Waals surface area contributed by atoms with Gasteiger partial charge < -0.3 is 5.32 Å². The van der Waals surface area contributed by atoms with Crippen LogP contribution < -0.4 is 10.2 Å². The van der Waals surface area contributed by atoms with Crippen LogP contribution in [0.25, 0.3) is 0 Å². The van der Waals surface area contributed by atoms with E-state index in [0.29, 0.717) is 17.4 Å². The van der Waals surface area contributed by atoms with E-state index in [4.69, 9.17) is 0 Å². The van der Waals surface area contributed by atoms with E-state index in [0.717, 1.165) is 4.90 Å². The van der Waals surface area contributed by atoms with E-state index in [1.165, 1.54) is 18.0 Å². The number of aromatic nitrogens is 2. The van der Waals surface area contributed by atoms with Gasteiger partial charge in [-0.3, -0.25) is 4.79 Å². The second-order valence-corrected chi connectivity index (χ2v) is 4.93. The third-order valence-electron chi connectivity index (χ3n) is 3.00. The molecule has 1 aliphatic rings. The molecule has 0 aromatic carbocycles. The van der Waals surface area contributed by atoms with Crippen molar-refractivity contribution in [2.75, 3.05) is 11.2 Å². The van der Waals surface area contributed by atoms with Crippen LogP contribution in [0.3, 0.4) is 0 Å². The number of hydrogen-bond donors (Lipinski definition) is 1. The number of nitrogens with zero attached hydrogens (tertiary/aromatic N) is 3. The highest BCUT2D eigenvalue weighted by Gasteiger charge is 2.47. The summed E-state index contributed by atoms with van der Waals surface area (Å²) < 4.78 is 0. The fraction of sp³-hybridized carbons (Fsp3) is 0.455. The van der Waals surface area contributed by atoms with Crippen molar-refractivity contribution in [2.24, 2.45) is 0 Å². The van der Waals surface area contributed by atoms with E-state index in [9.17, 15) is 9.59 Å². The third kappa shape index (κ3) is 1.94. The maximum Gasteiger partial charge on any atom is 0.330 e. The molecule has 6 nitrogen and oxygen atoms in total. The summed E-state index contributed by atoms with van der Waals surface area (Å²) in [5.41, 5.74) is -0.846. The average molecular weight is 266 g/mol. The lowest BCUT2D eigenvalue weighted by Crippen LogP contribution is -2.43. The summed E-state index contributed by atoms with van der Waals surface area (Å²) in [4.78, 5) is 33.4. The Labute approximate surface area is 109 Å². The normalized spacial score (nSPS) is 23.4. The van der Waals surface area contributed by atoms with E-state index in [-0.39, 0.29) is 5.91 Å². The predicted molar refractivity (Wildman–Crippen MR) is 68.5 cm³/mol. The average Bonchev–Trinajstić information content (AvgIpc) is 2.61. The second-order valence-electron chi connectivity index (χ2n) is 4.16. The van der Waals surface area contributed by atoms with Crippen molar-refractivity contribution in [1.29, 1.82) is 0 Å². The Morgan fingerprint density at radius 1 is 1.50 bits per heavy atom. The molecular weight excluding hydrogens is 252 g/mol. The number of urea groups is 1. The van der Waals surface area contributed by atoms with Crippen molar-refractivity contribution in [3.8, 4) is 0 Å². The fourth-order valence-electron chi connectivity index (χ4n) is 1.69. The van der Waals surface area contributed by atoms with E-state index in [1.807, 2.05) is 13.2 Å². The van der Waals surface area contributed by atoms with E-state index < -0.39 is 11.6 Å². The van der Waals surface area contributed by atoms with Gasteiger partial charge in [-0.05, 0) is 19.6 Å². The van der Waals surface area contributed by atoms with Gasteiger partial charge in [0.05, 0.1) is 0 Å². The van der Waals surface area contributed by atoms with Crippen LogP contribution in [0.5, 0.6) is 0 Å². The van der Waals surface area contributed by atoms with Crippen LogP contribution in [-0.2, 0) is 4.79 Å². The number of anilines is 1. The standard InChI is InChI=1S/C11H14N4O2S/c1-4-11(2)8(16)15(10(17)14-11)7-5-6-12-9(13-7)18-3/h5-6H,4H2,1-3H3,(H,14,17)/t11-/m1/s1. The van der Waals surface area contributed by atoms with Gasteiger partial charge in [-0.15, -0.1) is 0 Å². The Kier molecular flexibility index (Phi) is 3.25. The number of imide groups is 1. The fourth-order valence-corrected chi connectivity index (χ4v) is 2.04. The molecule has 96 valence electrons. The molecular formula is C11H14N4O2S. The number of carbonyl (C=O) groups is 2. The zero-order chi connectivity index (χ0) is 13.3. The molecule has 1 N–H and O–H groups in total. The zero-order valence-electron chi connectivity index (χ0n) is 10.4. The Morgan fingerprint density at radius 2 is 2.22 bits per heavy atom. The van der Waals surface area contributed by atoms with Gasteiger partial charge in [0.15, 0.2) is 5.16 Å². The van der Waals surface area contributed by atoms with Crippen molar-refractivity contribution in [1.82, 2.24) is 15.3 Å². The Morgan fingerprint density at radius 3 is 2.78 bits per heavy atom. The number of rotatable bonds is 3. The van der Waals surface area contributed by atoms with E-state index in [1.54, 1.807) is 13.0 Å². The molecule has 18 heavy (non-hydrogen) atoms. The molecule has 1 saturated heterocycles. The molecule has 3 amide bonds. The van der Waals surface area contributed by atoms with Gasteiger partial charge in [0, 0.05) is 12.3 Å². The van der Waals surface area contributed by atoms with E-state index in [2.05, 4.69) is 15.3 Å². The molecule has 0 radical (unpaired) electrons. The number of nitrogens with one attached hydrogen (secondary N) is 1. The minimum absolute atomic E-state index is 0.277. The molecule has 1 aromatic rings. The Balaban J connectivity index is 2.39. The molecule has 1 atom stereocenters. The van der Waals surface area contributed by atoms with Crippen LogP contribution >= 0.6 is 11.8 Å². The molecule has 0 unspecified atom stereocenters. The molecule has 1 aromatic heterocycles. The molecule has 7 heteroatoms. The van der Waals surface area contributed by atoms with Crippen LogP contribution in [-0.4, -0.2) is 33.7 Å². The first kappa shape index (κ1) is 12.8. The van der Waals surface area contributed by atoms with Crippen molar-refractivity contribution < 1.29 is 9.59 Å². The van der Waals surface area contributed by atoms with Gasteiger partial charge in [-0.1, -0.05) is 18.7 Å². The highest BCUT2D eigenvalue weighted by molar-refractivity contribution is 7.98. The van der Waals surface area contributed by atoms with Crippen LogP contribution in [0.15, 0.2) is 17.4 Å². The second kappa shape index (κ2) is 4.56. The van der Waals surface area contributed by atoms with Crippen molar-refractivity contribution in [3.05, 3.63) is 12.3 Å². The van der Waals surface area contributed by atoms with Crippen LogP contribution in [0.4, 0.5) is 10.6 Å². The smallest absolute Gasteiger partial charge is 0.323 e. The summed E-state index contributed by atoms with van der Waals surface area (Å²) in [7, 11) is 0. The van der Waals surface area contributed by atoms with Gasteiger partial charge in [0.2, 0.25) is 0 Å². The number of hydrogen-bond acceptors (Lipinski definition) is 5. The maximum absolute atomic E-state index is 12.2. The first-order valence-electron chi connectivity index (χ1n) is 5.55. The topological polar surface area (TPSA) is 75.2 Å². The van der Waals surface area contributed by atoms with Crippen LogP contribution in [0.2, 0.25) is 0 Å². The van der Waals surface area contributed by atoms with Gasteiger partial charge in [-0.2, -0.15) is 0 Å². The highest BCUT2D eigenvalue weighted by Crippen LogP contribution is 2.25. The van der Waals surface area contributed by atoms with Gasteiger partial charge in [0.1, 0.15) is 11.4 Å². The molecule has 0 spiro atoms. The van der Waals surface area contributed by atoms with Crippen LogP contribution in [0.1, 0.15) is 20.3 Å². The summed E-state index contributed by atoms with van der Waals surface area (Å²) in [6, 6.07) is 1.12. The highest BCUT2D eigenvalue weighted by atomic mass is 32.2. The van der Waals surface area contributed by atoms with Gasteiger partial charge in [0.25, 0.3) is 5.91 Å². The summed E-state index contributed by atoms with van der Waals surface area (Å²) in [5, 5.41) is 3.21. The lowest BCUT2D eigenvalue weighted by Gasteiger charge is -2.18. The zero-order valence-corrected chi connectivity index (χ0v) is 11.2. The van der Waals surface area contributed by atoms with Crippen molar-refractivity contribution >= 4 is 29.5 Å². The molecule has 2 rings (SSSR count). The minimum atomic E-state index is -0.846. The lowest BCUT2D eigenvalue weighted by molar-refractivity contribution is -0.121. The number of carbonyl (C=O) groups excluding carboxylic acids is 2. The van der Waals surface area contributed by atoms with Crippen molar-refractivity contribution in [2.45, 2.75) is 31.0 Å². The Bertz CT molecular complexity index is 508. The first-order valence-corrected chi connectivity index (χ1v) is 6.78. The largest absolute Gasteiger partial charge is 0.330 e.